The summed E-state index contributed by atoms with van der Waals surface area (Å²) in [5.74, 6) is 3.53. The number of guanidine groups is 1. The zero-order valence-electron chi connectivity index (χ0n) is 17.7. The van der Waals surface area contributed by atoms with Crippen molar-refractivity contribution < 1.29 is 4.74 Å². The Kier molecular flexibility index (Phi) is 7.34. The van der Waals surface area contributed by atoms with Gasteiger partial charge >= 0.3 is 0 Å². The Bertz CT molecular complexity index is 650. The monoisotopic (exact) mass is 417 g/mol. The minimum atomic E-state index is 0.250. The molecule has 3 aliphatic heterocycles. The first-order valence-electron chi connectivity index (χ1n) is 10.9. The molecule has 1 unspecified atom stereocenters. The molecule has 29 heavy (non-hydrogen) atoms. The van der Waals surface area contributed by atoms with Crippen molar-refractivity contribution in [2.75, 3.05) is 77.6 Å². The summed E-state index contributed by atoms with van der Waals surface area (Å²) in [5.41, 5.74) is 1.65. The number of rotatable bonds is 5. The maximum atomic E-state index is 5.59. The molecule has 4 rings (SSSR count). The van der Waals surface area contributed by atoms with Gasteiger partial charge in [0.05, 0.1) is 13.2 Å². The maximum absolute atomic E-state index is 5.59. The van der Waals surface area contributed by atoms with E-state index < -0.39 is 0 Å². The average molecular weight is 418 g/mol. The number of ether oxygens (including phenoxy) is 1. The molecule has 1 aromatic carbocycles. The number of nitrogens with zero attached hydrogens (tertiary/aromatic N) is 4. The van der Waals surface area contributed by atoms with Crippen molar-refractivity contribution in [2.45, 2.75) is 18.5 Å². The number of hydrogen-bond donors (Lipinski definition) is 1. The normalized spacial score (nSPS) is 27.3. The molecule has 0 bridgehead atoms. The topological polar surface area (TPSA) is 43.3 Å². The van der Waals surface area contributed by atoms with Gasteiger partial charge in [-0.25, -0.2) is 0 Å². The number of hydrogen-bond acceptors (Lipinski definition) is 5. The molecule has 1 aromatic rings. The van der Waals surface area contributed by atoms with E-state index in [4.69, 9.17) is 4.74 Å². The largest absolute Gasteiger partial charge is 0.379 e. The van der Waals surface area contributed by atoms with Gasteiger partial charge < -0.3 is 15.0 Å². The molecule has 3 fully saturated rings. The van der Waals surface area contributed by atoms with Crippen molar-refractivity contribution in [1.82, 2.24) is 20.0 Å². The first-order valence-corrected chi connectivity index (χ1v) is 12.1. The molecule has 0 saturated carbocycles. The van der Waals surface area contributed by atoms with Gasteiger partial charge in [-0.3, -0.25) is 14.8 Å². The van der Waals surface area contributed by atoms with Crippen molar-refractivity contribution in [3.63, 3.8) is 0 Å². The highest BCUT2D eigenvalue weighted by atomic mass is 32.2. The second kappa shape index (κ2) is 10.2. The van der Waals surface area contributed by atoms with E-state index in [0.29, 0.717) is 0 Å². The maximum Gasteiger partial charge on any atom is 0.193 e. The van der Waals surface area contributed by atoms with E-state index in [1.807, 2.05) is 7.05 Å². The van der Waals surface area contributed by atoms with Gasteiger partial charge in [0.2, 0.25) is 0 Å². The van der Waals surface area contributed by atoms with Gasteiger partial charge in [-0.15, -0.1) is 0 Å². The van der Waals surface area contributed by atoms with E-state index in [1.54, 1.807) is 0 Å². The Hall–Kier alpha value is -1.28. The van der Waals surface area contributed by atoms with E-state index >= 15 is 0 Å². The van der Waals surface area contributed by atoms with E-state index in [1.165, 1.54) is 23.5 Å². The van der Waals surface area contributed by atoms with E-state index in [-0.39, 0.29) is 5.54 Å². The number of morpholine rings is 1. The molecule has 0 aliphatic carbocycles. The molecule has 0 radical (unpaired) electrons. The summed E-state index contributed by atoms with van der Waals surface area (Å²) in [6, 6.07) is 10.8. The van der Waals surface area contributed by atoms with E-state index in [9.17, 15) is 0 Å². The second-order valence-corrected chi connectivity index (χ2v) is 9.38. The molecule has 6 nitrogen and oxygen atoms in total. The smallest absolute Gasteiger partial charge is 0.193 e. The molecule has 3 heterocycles. The van der Waals surface area contributed by atoms with Crippen molar-refractivity contribution in [1.29, 1.82) is 0 Å². The lowest BCUT2D eigenvalue weighted by Crippen LogP contribution is -2.61. The zero-order chi connectivity index (χ0) is 19.9. The van der Waals surface area contributed by atoms with Crippen LogP contribution in [0, 0.1) is 0 Å². The van der Waals surface area contributed by atoms with Gasteiger partial charge in [0, 0.05) is 70.7 Å². The van der Waals surface area contributed by atoms with E-state index in [2.05, 4.69) is 67.1 Å². The lowest BCUT2D eigenvalue weighted by atomic mass is 9.95. The molecule has 3 aliphatic rings. The molecule has 0 amide bonds. The molecular weight excluding hydrogens is 382 g/mol. The summed E-state index contributed by atoms with van der Waals surface area (Å²) >= 11 is 2.09. The van der Waals surface area contributed by atoms with Crippen LogP contribution in [-0.4, -0.2) is 104 Å². The van der Waals surface area contributed by atoms with Crippen LogP contribution in [0.4, 0.5) is 0 Å². The number of thioether (sulfide) groups is 1. The minimum Gasteiger partial charge on any atom is -0.379 e. The Morgan fingerprint density at radius 2 is 1.86 bits per heavy atom. The summed E-state index contributed by atoms with van der Waals surface area (Å²) in [4.78, 5) is 12.3. The van der Waals surface area contributed by atoms with Crippen LogP contribution in [0.1, 0.15) is 12.0 Å². The van der Waals surface area contributed by atoms with Gasteiger partial charge in [-0.1, -0.05) is 30.3 Å². The highest BCUT2D eigenvalue weighted by Gasteiger charge is 2.41. The first kappa shape index (κ1) is 21.0. The van der Waals surface area contributed by atoms with Gasteiger partial charge in [0.25, 0.3) is 0 Å². The Balaban J connectivity index is 1.29. The number of aliphatic imine (C=N–C) groups is 1. The Morgan fingerprint density at radius 3 is 2.52 bits per heavy atom. The molecular formula is C22H35N5OS. The average Bonchev–Trinajstić information content (AvgIpc) is 3.27. The minimum absolute atomic E-state index is 0.250. The second-order valence-electron chi connectivity index (χ2n) is 8.28. The lowest BCUT2D eigenvalue weighted by molar-refractivity contribution is -0.0122. The van der Waals surface area contributed by atoms with Gasteiger partial charge in [-0.2, -0.15) is 11.8 Å². The predicted octanol–water partition coefficient (Wildman–Crippen LogP) is 1.59. The van der Waals surface area contributed by atoms with Gasteiger partial charge in [0.1, 0.15) is 0 Å². The highest BCUT2D eigenvalue weighted by molar-refractivity contribution is 7.99. The fourth-order valence-corrected chi connectivity index (χ4v) is 6.15. The van der Waals surface area contributed by atoms with Crippen LogP contribution in [0.25, 0.3) is 0 Å². The zero-order valence-corrected chi connectivity index (χ0v) is 18.5. The predicted molar refractivity (Wildman–Crippen MR) is 122 cm³/mol. The summed E-state index contributed by atoms with van der Waals surface area (Å²) in [6.45, 7) is 10.1. The van der Waals surface area contributed by atoms with Crippen LogP contribution >= 0.6 is 11.8 Å². The quantitative estimate of drug-likeness (QED) is 0.580. The van der Waals surface area contributed by atoms with Crippen LogP contribution < -0.4 is 5.32 Å². The van der Waals surface area contributed by atoms with Crippen LogP contribution in [0.3, 0.4) is 0 Å². The Morgan fingerprint density at radius 1 is 1.10 bits per heavy atom. The molecule has 7 heteroatoms. The van der Waals surface area contributed by atoms with Gasteiger partial charge in [-0.05, 0) is 17.7 Å². The third-order valence-corrected chi connectivity index (χ3v) is 7.71. The number of nitrogens with one attached hydrogen (secondary N) is 1. The highest BCUT2D eigenvalue weighted by Crippen LogP contribution is 2.33. The van der Waals surface area contributed by atoms with Crippen LogP contribution in [0.5, 0.6) is 0 Å². The van der Waals surface area contributed by atoms with Crippen molar-refractivity contribution in [3.8, 4) is 0 Å². The SMILES string of the molecule is CN=C(NCC1(N2CCOCC2)CCSC1)N1CCN(Cc2ccccc2)CC1. The standard InChI is InChI=1S/C22H35N5OS/c1-23-21(24-18-22(7-16-29-19-22)27-12-14-28-15-13-27)26-10-8-25(9-11-26)17-20-5-3-2-4-6-20/h2-6H,7-19H2,1H3,(H,23,24). The van der Waals surface area contributed by atoms with Gasteiger partial charge in [0.15, 0.2) is 5.96 Å². The number of piperazine rings is 1. The molecule has 0 aromatic heterocycles. The summed E-state index contributed by atoms with van der Waals surface area (Å²) in [6.07, 6.45) is 1.26. The third kappa shape index (κ3) is 5.26. The van der Waals surface area contributed by atoms with Crippen LogP contribution in [0.15, 0.2) is 35.3 Å². The van der Waals surface area contributed by atoms with Crippen molar-refractivity contribution in [3.05, 3.63) is 35.9 Å². The van der Waals surface area contributed by atoms with Crippen LogP contribution in [-0.2, 0) is 11.3 Å². The molecule has 1 atom stereocenters. The van der Waals surface area contributed by atoms with E-state index in [0.717, 1.165) is 71.5 Å². The summed E-state index contributed by atoms with van der Waals surface area (Å²) in [7, 11) is 1.92. The Labute approximate surface area is 179 Å². The fraction of sp³-hybridized carbons (Fsp3) is 0.682. The lowest BCUT2D eigenvalue weighted by Gasteiger charge is -2.44. The molecule has 0 spiro atoms. The first-order chi connectivity index (χ1) is 14.3. The van der Waals surface area contributed by atoms with Crippen LogP contribution in [0.2, 0.25) is 0 Å². The summed E-state index contributed by atoms with van der Waals surface area (Å²) in [5, 5.41) is 3.75. The molecule has 3 saturated heterocycles. The molecule has 160 valence electrons. The summed E-state index contributed by atoms with van der Waals surface area (Å²) < 4.78 is 5.59. The van der Waals surface area contributed by atoms with Crippen molar-refractivity contribution >= 4 is 17.7 Å². The number of benzene rings is 1. The molecule has 1 N–H and O–H groups in total. The third-order valence-electron chi connectivity index (χ3n) is 6.47. The van der Waals surface area contributed by atoms with Crippen molar-refractivity contribution in [2.24, 2.45) is 4.99 Å². The fourth-order valence-electron chi connectivity index (χ4n) is 4.67.